The van der Waals surface area contributed by atoms with E-state index in [1.807, 2.05) is 115 Å². The number of carbonyl (C=O) groups excluding carboxylic acids is 2. The first-order valence-electron chi connectivity index (χ1n) is 13.6. The molecule has 0 aliphatic carbocycles. The van der Waals surface area contributed by atoms with E-state index in [0.29, 0.717) is 21.7 Å². The van der Waals surface area contributed by atoms with Crippen LogP contribution in [0.4, 0.5) is 0 Å². The van der Waals surface area contributed by atoms with E-state index >= 15 is 0 Å². The van der Waals surface area contributed by atoms with Gasteiger partial charge in [0.15, 0.2) is 11.6 Å². The summed E-state index contributed by atoms with van der Waals surface area (Å²) in [6.07, 6.45) is 0. The molecule has 0 aromatic heterocycles. The quantitative estimate of drug-likeness (QED) is 0.171. The first kappa shape index (κ1) is 27.6. The number of carbonyl (C=O) groups is 2. The van der Waals surface area contributed by atoms with Crippen LogP contribution in [0.25, 0.3) is 0 Å². The number of hydrogen-bond acceptors (Lipinski definition) is 4. The van der Waals surface area contributed by atoms with E-state index in [0.717, 1.165) is 21.5 Å². The maximum atomic E-state index is 14.5. The Morgan fingerprint density at radius 1 is 0.571 bits per heavy atom. The van der Waals surface area contributed by atoms with Crippen molar-refractivity contribution in [2.24, 2.45) is 9.98 Å². The molecule has 0 atom stereocenters. The number of aliphatic imine (C=N–C) groups is 2. The van der Waals surface area contributed by atoms with Crippen molar-refractivity contribution in [2.45, 2.75) is 0 Å². The van der Waals surface area contributed by atoms with E-state index in [9.17, 15) is 9.59 Å². The van der Waals surface area contributed by atoms with Gasteiger partial charge in [-0.1, -0.05) is 163 Å². The van der Waals surface area contributed by atoms with Crippen molar-refractivity contribution in [3.63, 3.8) is 0 Å². The van der Waals surface area contributed by atoms with Crippen molar-refractivity contribution in [1.29, 1.82) is 0 Å². The van der Waals surface area contributed by atoms with Gasteiger partial charge < -0.3 is 0 Å². The lowest BCUT2D eigenvalue weighted by Gasteiger charge is -2.33. The maximum absolute atomic E-state index is 14.5. The molecule has 5 aromatic carbocycles. The molecular formula is C36H27N2O2PS. The number of nitrogens with zero attached hydrogens (tertiary/aromatic N) is 2. The Morgan fingerprint density at radius 3 is 1.48 bits per heavy atom. The number of amides is 1. The first-order valence-corrected chi connectivity index (χ1v) is 16.4. The van der Waals surface area contributed by atoms with Gasteiger partial charge in [0, 0.05) is 11.1 Å². The highest BCUT2D eigenvalue weighted by Crippen LogP contribution is 2.48. The SMILES string of the molecule is O=C1N=C(c2ccccc2)N=C(SCC(=O)c2ccccc2)C1=P(c1ccccc1)(c1ccccc1)c1ccccc1. The van der Waals surface area contributed by atoms with Crippen LogP contribution in [0.3, 0.4) is 0 Å². The summed E-state index contributed by atoms with van der Waals surface area (Å²) in [5, 5.41) is 4.13. The van der Waals surface area contributed by atoms with Gasteiger partial charge in [-0.15, -0.1) is 0 Å². The minimum absolute atomic E-state index is 0.0260. The van der Waals surface area contributed by atoms with Gasteiger partial charge in [0.25, 0.3) is 5.91 Å². The predicted molar refractivity (Wildman–Crippen MR) is 179 cm³/mol. The molecule has 1 heterocycles. The minimum atomic E-state index is -2.79. The predicted octanol–water partition coefficient (Wildman–Crippen LogP) is 6.15. The van der Waals surface area contributed by atoms with E-state index in [2.05, 4.69) is 41.4 Å². The third kappa shape index (κ3) is 5.37. The molecule has 0 fully saturated rings. The standard InChI is InChI=1S/C36H27N2O2PS/c39-32(27-16-6-1-7-17-27)26-42-36-33(35(40)37-34(38-36)28-18-8-2-9-19-28)41(29-20-10-3-11-21-29,30-22-12-4-13-23-30)31-24-14-5-15-25-31/h1-25H,26H2. The largest absolute Gasteiger partial charge is 0.293 e. The molecule has 1 aliphatic rings. The van der Waals surface area contributed by atoms with Crippen LogP contribution in [-0.2, 0) is 4.79 Å². The summed E-state index contributed by atoms with van der Waals surface area (Å²) in [7, 11) is 0. The molecule has 0 unspecified atom stereocenters. The summed E-state index contributed by atoms with van der Waals surface area (Å²) < 4.78 is 0. The molecule has 0 spiro atoms. The molecule has 6 rings (SSSR count). The number of hydrogen-bond donors (Lipinski definition) is 0. The normalized spacial score (nSPS) is 13.3. The lowest BCUT2D eigenvalue weighted by atomic mass is 10.2. The van der Waals surface area contributed by atoms with Crippen molar-refractivity contribution in [3.8, 4) is 0 Å². The number of Topliss-reactive ketones (excluding diaryl/α,β-unsaturated/α-hetero) is 1. The molecule has 5 aromatic rings. The van der Waals surface area contributed by atoms with Crippen LogP contribution in [0.2, 0.25) is 0 Å². The molecule has 0 N–H and O–H groups in total. The Morgan fingerprint density at radius 2 is 1.00 bits per heavy atom. The van der Waals surface area contributed by atoms with Crippen molar-refractivity contribution < 1.29 is 9.59 Å². The molecule has 0 bridgehead atoms. The molecule has 204 valence electrons. The maximum Gasteiger partial charge on any atom is 0.282 e. The fraction of sp³-hybridized carbons (Fsp3) is 0.0278. The van der Waals surface area contributed by atoms with Gasteiger partial charge in [0.05, 0.1) is 11.0 Å². The average molecular weight is 583 g/mol. The van der Waals surface area contributed by atoms with Gasteiger partial charge >= 0.3 is 0 Å². The van der Waals surface area contributed by atoms with Gasteiger partial charge in [-0.25, -0.2) is 4.99 Å². The summed E-state index contributed by atoms with van der Waals surface area (Å²) in [5.74, 6) is 0.136. The highest BCUT2D eigenvalue weighted by molar-refractivity contribution is 8.19. The molecule has 1 amide bonds. The molecule has 6 heteroatoms. The summed E-state index contributed by atoms with van der Waals surface area (Å²) in [4.78, 5) is 37.4. The van der Waals surface area contributed by atoms with Crippen molar-refractivity contribution in [3.05, 3.63) is 163 Å². The van der Waals surface area contributed by atoms with Crippen LogP contribution in [0, 0.1) is 0 Å². The zero-order valence-corrected chi connectivity index (χ0v) is 24.4. The summed E-state index contributed by atoms with van der Waals surface area (Å²) in [6, 6.07) is 49.2. The smallest absolute Gasteiger partial charge is 0.282 e. The Labute approximate surface area is 249 Å². The van der Waals surface area contributed by atoms with Gasteiger partial charge in [0.1, 0.15) is 5.04 Å². The van der Waals surface area contributed by atoms with Crippen LogP contribution in [0.15, 0.2) is 162 Å². The van der Waals surface area contributed by atoms with Crippen LogP contribution in [0.5, 0.6) is 0 Å². The van der Waals surface area contributed by atoms with E-state index in [4.69, 9.17) is 4.99 Å². The van der Waals surface area contributed by atoms with E-state index in [1.54, 1.807) is 0 Å². The highest BCUT2D eigenvalue weighted by Gasteiger charge is 2.38. The van der Waals surface area contributed by atoms with Gasteiger partial charge in [-0.05, 0) is 22.8 Å². The summed E-state index contributed by atoms with van der Waals surface area (Å²) in [6.45, 7) is -2.79. The summed E-state index contributed by atoms with van der Waals surface area (Å²) in [5.41, 5.74) is 1.38. The fourth-order valence-electron chi connectivity index (χ4n) is 5.15. The average Bonchev–Trinajstić information content (AvgIpc) is 3.07. The number of amidine groups is 1. The molecular weight excluding hydrogens is 555 g/mol. The van der Waals surface area contributed by atoms with Crippen molar-refractivity contribution in [2.75, 3.05) is 5.75 Å². The highest BCUT2D eigenvalue weighted by atomic mass is 32.2. The van der Waals surface area contributed by atoms with Gasteiger partial charge in [0.2, 0.25) is 0 Å². The van der Waals surface area contributed by atoms with Crippen molar-refractivity contribution >= 4 is 62.4 Å². The Kier molecular flexibility index (Phi) is 8.23. The molecule has 0 saturated carbocycles. The second-order valence-electron chi connectivity index (χ2n) is 9.63. The van der Waals surface area contributed by atoms with E-state index in [-0.39, 0.29) is 17.4 Å². The minimum Gasteiger partial charge on any atom is -0.293 e. The second-order valence-corrected chi connectivity index (χ2v) is 13.9. The van der Waals surface area contributed by atoms with Crippen molar-refractivity contribution in [1.82, 2.24) is 0 Å². The monoisotopic (exact) mass is 582 g/mol. The van der Waals surface area contributed by atoms with Crippen LogP contribution in [-0.4, -0.2) is 33.6 Å². The molecule has 4 nitrogen and oxygen atoms in total. The number of benzene rings is 5. The molecule has 0 saturated heterocycles. The van der Waals surface area contributed by atoms with E-state index in [1.165, 1.54) is 11.8 Å². The lowest BCUT2D eigenvalue weighted by molar-refractivity contribution is -0.111. The lowest BCUT2D eigenvalue weighted by Crippen LogP contribution is -2.38. The zero-order chi connectivity index (χ0) is 28.8. The number of thioether (sulfide) groups is 1. The zero-order valence-electron chi connectivity index (χ0n) is 22.7. The second kappa shape index (κ2) is 12.5. The molecule has 1 aliphatic heterocycles. The molecule has 0 radical (unpaired) electrons. The fourth-order valence-corrected chi connectivity index (χ4v) is 10.8. The van der Waals surface area contributed by atoms with Crippen LogP contribution >= 0.6 is 18.6 Å². The van der Waals surface area contributed by atoms with Crippen LogP contribution < -0.4 is 15.9 Å². The van der Waals surface area contributed by atoms with Gasteiger partial charge in [-0.3, -0.25) is 9.59 Å². The third-order valence-electron chi connectivity index (χ3n) is 7.05. The Hall–Kier alpha value is -4.57. The van der Waals surface area contributed by atoms with Crippen LogP contribution in [0.1, 0.15) is 15.9 Å². The molecule has 42 heavy (non-hydrogen) atoms. The first-order chi connectivity index (χ1) is 20.7. The summed E-state index contributed by atoms with van der Waals surface area (Å²) >= 11 is 1.31. The third-order valence-corrected chi connectivity index (χ3v) is 12.5. The van der Waals surface area contributed by atoms with E-state index < -0.39 is 6.89 Å². The Bertz CT molecular complexity index is 1730. The van der Waals surface area contributed by atoms with Gasteiger partial charge in [-0.2, -0.15) is 4.99 Å². The Balaban J connectivity index is 1.65. The number of ketones is 1. The topological polar surface area (TPSA) is 58.9 Å². The number of rotatable bonds is 7.